The van der Waals surface area contributed by atoms with Gasteiger partial charge < -0.3 is 5.11 Å². The van der Waals surface area contributed by atoms with Crippen molar-refractivity contribution in [3.63, 3.8) is 0 Å². The third-order valence-corrected chi connectivity index (χ3v) is 1.67. The molecule has 1 amide bonds. The monoisotopic (exact) mass is 192 g/mol. The van der Waals surface area contributed by atoms with Gasteiger partial charge in [-0.15, -0.1) is 0 Å². The van der Waals surface area contributed by atoms with E-state index < -0.39 is 6.09 Å². The third kappa shape index (κ3) is 2.90. The zero-order valence-electron chi connectivity index (χ0n) is 7.92. The van der Waals surface area contributed by atoms with Crippen LogP contribution in [0.5, 0.6) is 0 Å². The van der Waals surface area contributed by atoms with Crippen LogP contribution < -0.4 is 0 Å². The van der Waals surface area contributed by atoms with Gasteiger partial charge in [0.05, 0.1) is 6.21 Å². The summed E-state index contributed by atoms with van der Waals surface area (Å²) < 4.78 is 0. The molecule has 4 nitrogen and oxygen atoms in total. The van der Waals surface area contributed by atoms with Crippen molar-refractivity contribution in [2.75, 3.05) is 6.54 Å². The first kappa shape index (κ1) is 10.2. The lowest BCUT2D eigenvalue weighted by molar-refractivity contribution is 0.150. The van der Waals surface area contributed by atoms with E-state index in [1.54, 1.807) is 6.92 Å². The summed E-state index contributed by atoms with van der Waals surface area (Å²) in [7, 11) is 0. The van der Waals surface area contributed by atoms with Crippen molar-refractivity contribution in [2.24, 2.45) is 5.10 Å². The molecule has 0 atom stereocenters. The van der Waals surface area contributed by atoms with E-state index in [9.17, 15) is 4.79 Å². The van der Waals surface area contributed by atoms with Crippen LogP contribution in [0.15, 0.2) is 35.4 Å². The Morgan fingerprint density at radius 2 is 2.14 bits per heavy atom. The van der Waals surface area contributed by atoms with Crippen LogP contribution in [0, 0.1) is 0 Å². The number of hydrogen-bond donors (Lipinski definition) is 1. The number of carbonyl (C=O) groups is 1. The van der Waals surface area contributed by atoms with Crippen molar-refractivity contribution >= 4 is 12.3 Å². The molecule has 1 rings (SSSR count). The molecule has 0 aromatic heterocycles. The van der Waals surface area contributed by atoms with E-state index in [-0.39, 0.29) is 0 Å². The molecule has 14 heavy (non-hydrogen) atoms. The van der Waals surface area contributed by atoms with Gasteiger partial charge >= 0.3 is 6.09 Å². The van der Waals surface area contributed by atoms with Crippen molar-refractivity contribution < 1.29 is 9.90 Å². The normalized spacial score (nSPS) is 10.4. The van der Waals surface area contributed by atoms with Crippen LogP contribution in [-0.2, 0) is 0 Å². The van der Waals surface area contributed by atoms with Crippen LogP contribution in [0.4, 0.5) is 4.79 Å². The molecule has 0 radical (unpaired) electrons. The fraction of sp³-hybridized carbons (Fsp3) is 0.200. The number of carboxylic acid groups (broad SMARTS) is 1. The van der Waals surface area contributed by atoms with Crippen molar-refractivity contribution in [3.05, 3.63) is 35.9 Å². The Morgan fingerprint density at radius 3 is 2.64 bits per heavy atom. The summed E-state index contributed by atoms with van der Waals surface area (Å²) in [5.41, 5.74) is 0.882. The highest BCUT2D eigenvalue weighted by molar-refractivity contribution is 5.80. The molecule has 0 aliphatic rings. The average molecular weight is 192 g/mol. The first-order chi connectivity index (χ1) is 6.74. The SMILES string of the molecule is CCN(N=Cc1ccccc1)C(=O)O. The molecule has 1 aromatic carbocycles. The topological polar surface area (TPSA) is 52.9 Å². The van der Waals surface area contributed by atoms with Crippen LogP contribution in [0.2, 0.25) is 0 Å². The molecule has 0 aliphatic carbocycles. The van der Waals surface area contributed by atoms with Crippen LogP contribution in [0.25, 0.3) is 0 Å². The number of hydrazone groups is 1. The lowest BCUT2D eigenvalue weighted by Crippen LogP contribution is -2.23. The van der Waals surface area contributed by atoms with Gasteiger partial charge in [-0.05, 0) is 12.5 Å². The highest BCUT2D eigenvalue weighted by atomic mass is 16.4. The molecule has 0 aliphatic heterocycles. The smallest absolute Gasteiger partial charge is 0.427 e. The second-order valence-electron chi connectivity index (χ2n) is 2.65. The highest BCUT2D eigenvalue weighted by Crippen LogP contribution is 1.96. The minimum Gasteiger partial charge on any atom is -0.464 e. The van der Waals surface area contributed by atoms with Crippen LogP contribution in [0.3, 0.4) is 0 Å². The number of hydrogen-bond acceptors (Lipinski definition) is 2. The summed E-state index contributed by atoms with van der Waals surface area (Å²) in [6.45, 7) is 2.08. The Kier molecular flexibility index (Phi) is 3.67. The van der Waals surface area contributed by atoms with E-state index in [4.69, 9.17) is 5.11 Å². The number of nitrogens with zero attached hydrogens (tertiary/aromatic N) is 2. The zero-order valence-corrected chi connectivity index (χ0v) is 7.92. The fourth-order valence-electron chi connectivity index (χ4n) is 0.942. The van der Waals surface area contributed by atoms with Crippen molar-refractivity contribution in [1.29, 1.82) is 0 Å². The molecule has 74 valence electrons. The Balaban J connectivity index is 2.67. The number of benzene rings is 1. The standard InChI is InChI=1S/C10H12N2O2/c1-2-12(10(13)14)11-8-9-6-4-3-5-7-9/h3-8H,2H2,1H3,(H,13,14). The van der Waals surface area contributed by atoms with E-state index in [2.05, 4.69) is 5.10 Å². The van der Waals surface area contributed by atoms with Gasteiger partial charge in [-0.1, -0.05) is 30.3 Å². The second kappa shape index (κ2) is 5.01. The molecule has 0 spiro atoms. The molecule has 0 heterocycles. The second-order valence-corrected chi connectivity index (χ2v) is 2.65. The van der Waals surface area contributed by atoms with E-state index in [0.717, 1.165) is 10.6 Å². The van der Waals surface area contributed by atoms with Gasteiger partial charge in [0.25, 0.3) is 0 Å². The zero-order chi connectivity index (χ0) is 10.4. The summed E-state index contributed by atoms with van der Waals surface area (Å²) in [4.78, 5) is 10.6. The molecule has 0 bridgehead atoms. The molecule has 0 saturated carbocycles. The molecular formula is C10H12N2O2. The number of rotatable bonds is 3. The Labute approximate surface area is 82.5 Å². The highest BCUT2D eigenvalue weighted by Gasteiger charge is 2.04. The molecule has 4 heteroatoms. The van der Waals surface area contributed by atoms with Gasteiger partial charge in [-0.3, -0.25) is 0 Å². The molecule has 0 fully saturated rings. The molecule has 0 saturated heterocycles. The quantitative estimate of drug-likeness (QED) is 0.588. The summed E-state index contributed by atoms with van der Waals surface area (Å²) in [6.07, 6.45) is 0.483. The summed E-state index contributed by atoms with van der Waals surface area (Å²) in [5.74, 6) is 0. The lowest BCUT2D eigenvalue weighted by Gasteiger charge is -2.08. The van der Waals surface area contributed by atoms with E-state index in [1.807, 2.05) is 30.3 Å². The van der Waals surface area contributed by atoms with Crippen LogP contribution in [-0.4, -0.2) is 29.0 Å². The van der Waals surface area contributed by atoms with Crippen LogP contribution >= 0.6 is 0 Å². The van der Waals surface area contributed by atoms with Crippen molar-refractivity contribution in [3.8, 4) is 0 Å². The van der Waals surface area contributed by atoms with Gasteiger partial charge in [0, 0.05) is 6.54 Å². The minimum atomic E-state index is -1.04. The molecule has 1 N–H and O–H groups in total. The van der Waals surface area contributed by atoms with Gasteiger partial charge in [-0.25, -0.2) is 4.79 Å². The van der Waals surface area contributed by atoms with Gasteiger partial charge in [0.2, 0.25) is 0 Å². The van der Waals surface area contributed by atoms with Gasteiger partial charge in [-0.2, -0.15) is 10.1 Å². The number of amides is 1. The molecular weight excluding hydrogens is 180 g/mol. The van der Waals surface area contributed by atoms with Crippen molar-refractivity contribution in [1.82, 2.24) is 5.01 Å². The first-order valence-electron chi connectivity index (χ1n) is 4.33. The lowest BCUT2D eigenvalue weighted by atomic mass is 10.2. The Morgan fingerprint density at radius 1 is 1.50 bits per heavy atom. The summed E-state index contributed by atoms with van der Waals surface area (Å²) >= 11 is 0. The van der Waals surface area contributed by atoms with E-state index in [1.165, 1.54) is 6.21 Å². The first-order valence-corrected chi connectivity index (χ1v) is 4.33. The summed E-state index contributed by atoms with van der Waals surface area (Å²) in [5, 5.41) is 13.5. The van der Waals surface area contributed by atoms with E-state index in [0.29, 0.717) is 6.54 Å². The Bertz CT molecular complexity index is 322. The predicted molar refractivity (Wildman–Crippen MR) is 54.4 cm³/mol. The van der Waals surface area contributed by atoms with E-state index >= 15 is 0 Å². The molecule has 1 aromatic rings. The van der Waals surface area contributed by atoms with Gasteiger partial charge in [0.1, 0.15) is 0 Å². The maximum Gasteiger partial charge on any atom is 0.427 e. The minimum absolute atomic E-state index is 0.346. The van der Waals surface area contributed by atoms with Crippen LogP contribution in [0.1, 0.15) is 12.5 Å². The van der Waals surface area contributed by atoms with Crippen molar-refractivity contribution in [2.45, 2.75) is 6.92 Å². The maximum absolute atomic E-state index is 10.6. The predicted octanol–water partition coefficient (Wildman–Crippen LogP) is 2.02. The summed E-state index contributed by atoms with van der Waals surface area (Å²) in [6, 6.07) is 9.36. The fourth-order valence-corrected chi connectivity index (χ4v) is 0.942. The average Bonchev–Trinajstić information content (AvgIpc) is 2.20. The molecule has 0 unspecified atom stereocenters. The van der Waals surface area contributed by atoms with Gasteiger partial charge in [0.15, 0.2) is 0 Å². The maximum atomic E-state index is 10.6. The largest absolute Gasteiger partial charge is 0.464 e. The third-order valence-electron chi connectivity index (χ3n) is 1.67. The Hall–Kier alpha value is -1.84.